The lowest BCUT2D eigenvalue weighted by molar-refractivity contribution is 0.101. The second-order valence-electron chi connectivity index (χ2n) is 3.90. The van der Waals surface area contributed by atoms with E-state index in [1.807, 2.05) is 0 Å². The quantitative estimate of drug-likeness (QED) is 0.728. The number of rotatable bonds is 6. The second-order valence-corrected chi connectivity index (χ2v) is 5.95. The predicted octanol–water partition coefficient (Wildman–Crippen LogP) is 1.16. The topological polar surface area (TPSA) is 63.7 Å². The molecule has 0 aliphatic rings. The lowest BCUT2D eigenvalue weighted by Crippen LogP contribution is -2.30. The third-order valence-corrected chi connectivity index (χ3v) is 4.41. The van der Waals surface area contributed by atoms with Crippen molar-refractivity contribution in [1.29, 1.82) is 0 Å². The molecule has 0 atom stereocenters. The first-order valence-corrected chi connectivity index (χ1v) is 6.90. The van der Waals surface area contributed by atoms with E-state index in [-0.39, 0.29) is 17.2 Å². The molecule has 1 aromatic rings. The molecule has 0 saturated heterocycles. The van der Waals surface area contributed by atoms with Gasteiger partial charge in [0.15, 0.2) is 5.78 Å². The van der Waals surface area contributed by atoms with Crippen molar-refractivity contribution >= 4 is 15.8 Å². The van der Waals surface area contributed by atoms with Gasteiger partial charge in [-0.15, -0.1) is 0 Å². The fourth-order valence-corrected chi connectivity index (χ4v) is 2.60. The van der Waals surface area contributed by atoms with Gasteiger partial charge in [-0.3, -0.25) is 4.79 Å². The molecular formula is C12H17NO4S. The zero-order chi connectivity index (χ0) is 13.8. The van der Waals surface area contributed by atoms with Gasteiger partial charge in [-0.2, -0.15) is 4.31 Å². The maximum atomic E-state index is 12.2. The van der Waals surface area contributed by atoms with Crippen LogP contribution in [0.1, 0.15) is 17.3 Å². The smallest absolute Gasteiger partial charge is 0.242 e. The van der Waals surface area contributed by atoms with Crippen LogP contribution in [0.5, 0.6) is 0 Å². The SMILES string of the molecule is COCCN(C)S(=O)(=O)c1cccc(C(C)=O)c1. The van der Waals surface area contributed by atoms with Crippen LogP contribution < -0.4 is 0 Å². The summed E-state index contributed by atoms with van der Waals surface area (Å²) in [5.41, 5.74) is 0.385. The number of Topliss-reactive ketones (excluding diaryl/α,β-unsaturated/α-hetero) is 1. The molecule has 18 heavy (non-hydrogen) atoms. The van der Waals surface area contributed by atoms with Gasteiger partial charge >= 0.3 is 0 Å². The fraction of sp³-hybridized carbons (Fsp3) is 0.417. The van der Waals surface area contributed by atoms with Gasteiger partial charge in [-0.25, -0.2) is 8.42 Å². The molecule has 0 fully saturated rings. The van der Waals surface area contributed by atoms with Crippen molar-refractivity contribution in [2.24, 2.45) is 0 Å². The molecule has 0 bridgehead atoms. The van der Waals surface area contributed by atoms with E-state index in [2.05, 4.69) is 0 Å². The van der Waals surface area contributed by atoms with Gasteiger partial charge in [-0.1, -0.05) is 12.1 Å². The summed E-state index contributed by atoms with van der Waals surface area (Å²) < 4.78 is 30.4. The molecule has 0 unspecified atom stereocenters. The van der Waals surface area contributed by atoms with E-state index in [1.165, 1.54) is 37.5 Å². The average Bonchev–Trinajstić information content (AvgIpc) is 2.35. The molecule has 0 aromatic heterocycles. The zero-order valence-electron chi connectivity index (χ0n) is 10.7. The maximum Gasteiger partial charge on any atom is 0.242 e. The van der Waals surface area contributed by atoms with Crippen molar-refractivity contribution in [2.75, 3.05) is 27.3 Å². The van der Waals surface area contributed by atoms with E-state index >= 15 is 0 Å². The molecule has 0 radical (unpaired) electrons. The summed E-state index contributed by atoms with van der Waals surface area (Å²) in [5.74, 6) is -0.161. The first-order valence-electron chi connectivity index (χ1n) is 5.46. The normalized spacial score (nSPS) is 11.8. The number of likely N-dealkylation sites (N-methyl/N-ethyl adjacent to an activating group) is 1. The van der Waals surface area contributed by atoms with E-state index < -0.39 is 10.0 Å². The van der Waals surface area contributed by atoms with Crippen molar-refractivity contribution in [2.45, 2.75) is 11.8 Å². The lowest BCUT2D eigenvalue weighted by Gasteiger charge is -2.16. The first kappa shape index (κ1) is 14.8. The number of carbonyl (C=O) groups excluding carboxylic acids is 1. The monoisotopic (exact) mass is 271 g/mol. The summed E-state index contributed by atoms with van der Waals surface area (Å²) in [6.45, 7) is 1.99. The summed E-state index contributed by atoms with van der Waals surface area (Å²) in [5, 5.41) is 0. The van der Waals surface area contributed by atoms with Crippen molar-refractivity contribution < 1.29 is 17.9 Å². The lowest BCUT2D eigenvalue weighted by atomic mass is 10.2. The van der Waals surface area contributed by atoms with Crippen molar-refractivity contribution in [3.8, 4) is 0 Å². The van der Waals surface area contributed by atoms with Gasteiger partial charge in [0, 0.05) is 26.3 Å². The van der Waals surface area contributed by atoms with E-state index in [9.17, 15) is 13.2 Å². The molecule has 0 aliphatic heterocycles. The molecule has 0 aliphatic carbocycles. The summed E-state index contributed by atoms with van der Waals surface area (Å²) in [7, 11) is -0.574. The fourth-order valence-electron chi connectivity index (χ4n) is 1.40. The molecule has 6 heteroatoms. The number of sulfonamides is 1. The maximum absolute atomic E-state index is 12.2. The Bertz CT molecular complexity index is 525. The van der Waals surface area contributed by atoms with Crippen LogP contribution >= 0.6 is 0 Å². The predicted molar refractivity (Wildman–Crippen MR) is 68.1 cm³/mol. The minimum atomic E-state index is -3.57. The Kier molecular flexibility index (Phi) is 5.01. The van der Waals surface area contributed by atoms with E-state index in [4.69, 9.17) is 4.74 Å². The molecule has 0 amide bonds. The van der Waals surface area contributed by atoms with Gasteiger partial charge in [-0.05, 0) is 19.1 Å². The highest BCUT2D eigenvalue weighted by Gasteiger charge is 2.20. The molecular weight excluding hydrogens is 254 g/mol. The number of methoxy groups -OCH3 is 1. The highest BCUT2D eigenvalue weighted by atomic mass is 32.2. The minimum Gasteiger partial charge on any atom is -0.383 e. The third kappa shape index (κ3) is 3.38. The Labute approximate surface area is 107 Å². The van der Waals surface area contributed by atoms with Crippen LogP contribution in [-0.2, 0) is 14.8 Å². The number of nitrogens with zero attached hydrogens (tertiary/aromatic N) is 1. The second kappa shape index (κ2) is 6.08. The van der Waals surface area contributed by atoms with E-state index in [0.29, 0.717) is 12.2 Å². The average molecular weight is 271 g/mol. The molecule has 1 rings (SSSR count). The summed E-state index contributed by atoms with van der Waals surface area (Å²) >= 11 is 0. The Morgan fingerprint density at radius 3 is 2.61 bits per heavy atom. The molecule has 0 heterocycles. The minimum absolute atomic E-state index is 0.119. The molecule has 5 nitrogen and oxygen atoms in total. The largest absolute Gasteiger partial charge is 0.383 e. The van der Waals surface area contributed by atoms with Gasteiger partial charge in [0.1, 0.15) is 0 Å². The van der Waals surface area contributed by atoms with Crippen LogP contribution in [-0.4, -0.2) is 45.8 Å². The van der Waals surface area contributed by atoms with Crippen LogP contribution in [0.3, 0.4) is 0 Å². The van der Waals surface area contributed by atoms with Crippen LogP contribution in [0.2, 0.25) is 0 Å². The van der Waals surface area contributed by atoms with Crippen LogP contribution in [0.25, 0.3) is 0 Å². The van der Waals surface area contributed by atoms with Crippen LogP contribution in [0, 0.1) is 0 Å². The van der Waals surface area contributed by atoms with Gasteiger partial charge in [0.2, 0.25) is 10.0 Å². The number of ether oxygens (including phenoxy) is 1. The number of hydrogen-bond acceptors (Lipinski definition) is 4. The Morgan fingerprint density at radius 1 is 1.39 bits per heavy atom. The highest BCUT2D eigenvalue weighted by Crippen LogP contribution is 2.16. The van der Waals surface area contributed by atoms with Crippen molar-refractivity contribution in [3.63, 3.8) is 0 Å². The van der Waals surface area contributed by atoms with Gasteiger partial charge in [0.05, 0.1) is 11.5 Å². The number of carbonyl (C=O) groups is 1. The van der Waals surface area contributed by atoms with Crippen molar-refractivity contribution in [3.05, 3.63) is 29.8 Å². The Morgan fingerprint density at radius 2 is 2.06 bits per heavy atom. The number of hydrogen-bond donors (Lipinski definition) is 0. The summed E-state index contributed by atoms with van der Waals surface area (Å²) in [6, 6.07) is 6.02. The summed E-state index contributed by atoms with van der Waals surface area (Å²) in [4.78, 5) is 11.4. The van der Waals surface area contributed by atoms with Crippen molar-refractivity contribution in [1.82, 2.24) is 4.31 Å². The highest BCUT2D eigenvalue weighted by molar-refractivity contribution is 7.89. The number of benzene rings is 1. The molecule has 100 valence electrons. The third-order valence-electron chi connectivity index (χ3n) is 2.56. The molecule has 1 aromatic carbocycles. The van der Waals surface area contributed by atoms with Crippen LogP contribution in [0.15, 0.2) is 29.2 Å². The van der Waals surface area contributed by atoms with Gasteiger partial charge < -0.3 is 4.74 Å². The van der Waals surface area contributed by atoms with E-state index in [1.54, 1.807) is 12.1 Å². The molecule has 0 saturated carbocycles. The molecule has 0 N–H and O–H groups in total. The van der Waals surface area contributed by atoms with Gasteiger partial charge in [0.25, 0.3) is 0 Å². The van der Waals surface area contributed by atoms with E-state index in [0.717, 1.165) is 0 Å². The van der Waals surface area contributed by atoms with Crippen LogP contribution in [0.4, 0.5) is 0 Å². The zero-order valence-corrected chi connectivity index (χ0v) is 11.5. The number of ketones is 1. The summed E-state index contributed by atoms with van der Waals surface area (Å²) in [6.07, 6.45) is 0. The Hall–Kier alpha value is -1.24. The standard InChI is InChI=1S/C12H17NO4S/c1-10(14)11-5-4-6-12(9-11)18(15,16)13(2)7-8-17-3/h4-6,9H,7-8H2,1-3H3. The Balaban J connectivity index is 3.04. The molecule has 0 spiro atoms. The first-order chi connectivity index (χ1) is 8.39.